The lowest BCUT2D eigenvalue weighted by Crippen LogP contribution is -2.32. The minimum atomic E-state index is -0.283. The van der Waals surface area contributed by atoms with E-state index in [0.717, 1.165) is 24.0 Å². The van der Waals surface area contributed by atoms with Crippen LogP contribution in [0.1, 0.15) is 30.9 Å². The molecular weight excluding hydrogens is 259 g/mol. The summed E-state index contributed by atoms with van der Waals surface area (Å²) >= 11 is 0. The molecule has 0 heterocycles. The van der Waals surface area contributed by atoms with Crippen molar-refractivity contribution in [3.8, 4) is 0 Å². The van der Waals surface area contributed by atoms with Gasteiger partial charge in [0.15, 0.2) is 0 Å². The Morgan fingerprint density at radius 1 is 1.40 bits per heavy atom. The second kappa shape index (κ2) is 6.81. The van der Waals surface area contributed by atoms with Crippen LogP contribution in [0.25, 0.3) is 0 Å². The molecule has 0 atom stereocenters. The van der Waals surface area contributed by atoms with Crippen molar-refractivity contribution in [3.05, 3.63) is 35.1 Å². The van der Waals surface area contributed by atoms with Crippen molar-refractivity contribution in [2.45, 2.75) is 38.9 Å². The molecule has 4 nitrogen and oxygen atoms in total. The van der Waals surface area contributed by atoms with E-state index < -0.39 is 0 Å². The molecule has 1 aromatic carbocycles. The van der Waals surface area contributed by atoms with Crippen molar-refractivity contribution in [2.24, 2.45) is 5.73 Å². The third-order valence-electron chi connectivity index (χ3n) is 3.34. The molecule has 0 bridgehead atoms. The van der Waals surface area contributed by atoms with Gasteiger partial charge < -0.3 is 10.5 Å². The maximum Gasteiger partial charge on any atom is 0.320 e. The Labute approximate surface area is 118 Å². The standard InChI is InChI=1S/C15H21FN2O2/c1-2-20-15(19)10-18(14-3-4-14)9-12-5-11(8-17)6-13(16)7-12/h5-7,14H,2-4,8-10,17H2,1H3. The Hall–Kier alpha value is -1.46. The highest BCUT2D eigenvalue weighted by atomic mass is 19.1. The fourth-order valence-corrected chi connectivity index (χ4v) is 2.29. The zero-order chi connectivity index (χ0) is 14.5. The third kappa shape index (κ3) is 4.28. The lowest BCUT2D eigenvalue weighted by Gasteiger charge is -2.21. The average Bonchev–Trinajstić information content (AvgIpc) is 3.21. The van der Waals surface area contributed by atoms with Gasteiger partial charge in [0.25, 0.3) is 0 Å². The van der Waals surface area contributed by atoms with E-state index in [1.807, 2.05) is 11.0 Å². The zero-order valence-corrected chi connectivity index (χ0v) is 11.8. The Morgan fingerprint density at radius 3 is 2.70 bits per heavy atom. The Kier molecular flexibility index (Phi) is 5.09. The molecule has 0 unspecified atom stereocenters. The molecule has 0 spiro atoms. The van der Waals surface area contributed by atoms with E-state index >= 15 is 0 Å². The summed E-state index contributed by atoms with van der Waals surface area (Å²) in [5.74, 6) is -0.510. The number of hydrogen-bond donors (Lipinski definition) is 1. The number of carbonyl (C=O) groups excluding carboxylic acids is 1. The lowest BCUT2D eigenvalue weighted by atomic mass is 10.1. The number of ether oxygens (including phenoxy) is 1. The van der Waals surface area contributed by atoms with Crippen LogP contribution in [-0.4, -0.2) is 30.1 Å². The number of hydrogen-bond acceptors (Lipinski definition) is 4. The molecule has 0 aromatic heterocycles. The normalized spacial score (nSPS) is 14.6. The van der Waals surface area contributed by atoms with E-state index in [0.29, 0.717) is 25.7 Å². The summed E-state index contributed by atoms with van der Waals surface area (Å²) in [6, 6.07) is 5.24. The molecule has 2 rings (SSSR count). The average molecular weight is 280 g/mol. The predicted octanol–water partition coefficient (Wildman–Crippen LogP) is 1.81. The molecule has 110 valence electrons. The first-order valence-electron chi connectivity index (χ1n) is 7.00. The Bertz CT molecular complexity index is 475. The van der Waals surface area contributed by atoms with Crippen molar-refractivity contribution in [1.29, 1.82) is 0 Å². The fraction of sp³-hybridized carbons (Fsp3) is 0.533. The maximum absolute atomic E-state index is 13.5. The SMILES string of the molecule is CCOC(=O)CN(Cc1cc(F)cc(CN)c1)C1CC1. The predicted molar refractivity (Wildman–Crippen MR) is 74.4 cm³/mol. The molecule has 1 aliphatic carbocycles. The monoisotopic (exact) mass is 280 g/mol. The van der Waals surface area contributed by atoms with Crippen molar-refractivity contribution >= 4 is 5.97 Å². The van der Waals surface area contributed by atoms with Crippen LogP contribution in [0.3, 0.4) is 0 Å². The van der Waals surface area contributed by atoms with E-state index in [2.05, 4.69) is 0 Å². The van der Waals surface area contributed by atoms with Crippen LogP contribution >= 0.6 is 0 Å². The first kappa shape index (κ1) is 14.9. The Morgan fingerprint density at radius 2 is 2.10 bits per heavy atom. The molecule has 0 saturated heterocycles. The number of nitrogens with zero attached hydrogens (tertiary/aromatic N) is 1. The molecule has 0 aliphatic heterocycles. The third-order valence-corrected chi connectivity index (χ3v) is 3.34. The van der Waals surface area contributed by atoms with E-state index in [1.165, 1.54) is 12.1 Å². The smallest absolute Gasteiger partial charge is 0.320 e. The molecule has 1 aliphatic rings. The van der Waals surface area contributed by atoms with E-state index in [9.17, 15) is 9.18 Å². The molecule has 5 heteroatoms. The second-order valence-corrected chi connectivity index (χ2v) is 5.11. The first-order chi connectivity index (χ1) is 9.62. The molecule has 0 amide bonds. The van der Waals surface area contributed by atoms with Crippen LogP contribution in [-0.2, 0) is 22.6 Å². The van der Waals surface area contributed by atoms with E-state index in [1.54, 1.807) is 6.92 Å². The van der Waals surface area contributed by atoms with Gasteiger partial charge in [-0.05, 0) is 43.0 Å². The highest BCUT2D eigenvalue weighted by Gasteiger charge is 2.30. The molecule has 1 saturated carbocycles. The van der Waals surface area contributed by atoms with Gasteiger partial charge >= 0.3 is 5.97 Å². The van der Waals surface area contributed by atoms with Gasteiger partial charge in [0.1, 0.15) is 5.82 Å². The summed E-state index contributed by atoms with van der Waals surface area (Å²) in [4.78, 5) is 13.7. The lowest BCUT2D eigenvalue weighted by molar-refractivity contribution is -0.144. The van der Waals surface area contributed by atoms with Crippen LogP contribution in [0.2, 0.25) is 0 Å². The summed E-state index contributed by atoms with van der Waals surface area (Å²) < 4.78 is 18.5. The maximum atomic E-state index is 13.5. The summed E-state index contributed by atoms with van der Waals surface area (Å²) in [5.41, 5.74) is 7.18. The van der Waals surface area contributed by atoms with Crippen molar-refractivity contribution in [1.82, 2.24) is 4.90 Å². The summed E-state index contributed by atoms with van der Waals surface area (Å²) in [7, 11) is 0. The van der Waals surface area contributed by atoms with Gasteiger partial charge in [0, 0.05) is 19.1 Å². The number of halogens is 1. The minimum absolute atomic E-state index is 0.227. The van der Waals surface area contributed by atoms with Crippen molar-refractivity contribution in [2.75, 3.05) is 13.2 Å². The largest absolute Gasteiger partial charge is 0.465 e. The van der Waals surface area contributed by atoms with Crippen LogP contribution < -0.4 is 5.73 Å². The van der Waals surface area contributed by atoms with Gasteiger partial charge in [-0.3, -0.25) is 9.69 Å². The van der Waals surface area contributed by atoms with Gasteiger partial charge in [-0.15, -0.1) is 0 Å². The number of carbonyl (C=O) groups is 1. The Balaban J connectivity index is 2.04. The van der Waals surface area contributed by atoms with Crippen molar-refractivity contribution < 1.29 is 13.9 Å². The molecule has 1 fully saturated rings. The summed E-state index contributed by atoms with van der Waals surface area (Å²) in [6.07, 6.45) is 2.16. The van der Waals surface area contributed by atoms with Crippen LogP contribution in [0.4, 0.5) is 4.39 Å². The fourth-order valence-electron chi connectivity index (χ4n) is 2.29. The number of benzene rings is 1. The number of nitrogens with two attached hydrogens (primary N) is 1. The van der Waals surface area contributed by atoms with Crippen LogP contribution in [0.15, 0.2) is 18.2 Å². The summed E-state index contributed by atoms with van der Waals surface area (Å²) in [5, 5.41) is 0. The van der Waals surface area contributed by atoms with Gasteiger partial charge in [0.05, 0.1) is 13.2 Å². The molecule has 0 radical (unpaired) electrons. The van der Waals surface area contributed by atoms with Crippen molar-refractivity contribution in [3.63, 3.8) is 0 Å². The second-order valence-electron chi connectivity index (χ2n) is 5.11. The van der Waals surface area contributed by atoms with Gasteiger partial charge in [0.2, 0.25) is 0 Å². The molecular formula is C15H21FN2O2. The highest BCUT2D eigenvalue weighted by Crippen LogP contribution is 2.28. The quantitative estimate of drug-likeness (QED) is 0.774. The van der Waals surface area contributed by atoms with Crippen LogP contribution in [0, 0.1) is 5.82 Å². The topological polar surface area (TPSA) is 55.6 Å². The molecule has 1 aromatic rings. The molecule has 20 heavy (non-hydrogen) atoms. The zero-order valence-electron chi connectivity index (χ0n) is 11.8. The van der Waals surface area contributed by atoms with E-state index in [-0.39, 0.29) is 18.3 Å². The van der Waals surface area contributed by atoms with E-state index in [4.69, 9.17) is 10.5 Å². The molecule has 2 N–H and O–H groups in total. The number of esters is 1. The minimum Gasteiger partial charge on any atom is -0.465 e. The summed E-state index contributed by atoms with van der Waals surface area (Å²) in [6.45, 7) is 3.29. The van der Waals surface area contributed by atoms with Gasteiger partial charge in [-0.1, -0.05) is 6.07 Å². The van der Waals surface area contributed by atoms with Gasteiger partial charge in [-0.2, -0.15) is 0 Å². The van der Waals surface area contributed by atoms with Crippen LogP contribution in [0.5, 0.6) is 0 Å². The highest BCUT2D eigenvalue weighted by molar-refractivity contribution is 5.71. The number of rotatable bonds is 7. The van der Waals surface area contributed by atoms with Gasteiger partial charge in [-0.25, -0.2) is 4.39 Å². The first-order valence-corrected chi connectivity index (χ1v) is 7.00.